The molecule has 0 N–H and O–H groups in total. The lowest BCUT2D eigenvalue weighted by Gasteiger charge is -2.09. The number of hydrogen-bond acceptors (Lipinski definition) is 2. The number of aromatic nitrogens is 4. The van der Waals surface area contributed by atoms with Gasteiger partial charge in [0, 0.05) is 27.2 Å². The summed E-state index contributed by atoms with van der Waals surface area (Å²) in [5, 5.41) is 4.72. The first kappa shape index (κ1) is 26.5. The third kappa shape index (κ3) is 3.72. The van der Waals surface area contributed by atoms with E-state index in [4.69, 9.17) is 9.40 Å². The van der Waals surface area contributed by atoms with Crippen LogP contribution in [0.15, 0.2) is 156 Å². The molecule has 0 aliphatic heterocycles. The van der Waals surface area contributed by atoms with Gasteiger partial charge in [0.15, 0.2) is 0 Å². The Morgan fingerprint density at radius 1 is 0.449 bits per heavy atom. The van der Waals surface area contributed by atoms with Crippen LogP contribution >= 0.6 is 0 Å². The van der Waals surface area contributed by atoms with Gasteiger partial charge in [0.25, 0.3) is 0 Å². The Morgan fingerprint density at radius 3 is 2.02 bits per heavy atom. The molecule has 5 heteroatoms. The van der Waals surface area contributed by atoms with Gasteiger partial charge in [-0.05, 0) is 103 Å². The van der Waals surface area contributed by atoms with E-state index in [1.807, 2.05) is 0 Å². The quantitative estimate of drug-likeness (QED) is 0.195. The molecule has 0 amide bonds. The van der Waals surface area contributed by atoms with Crippen molar-refractivity contribution < 1.29 is 4.42 Å². The molecule has 11 rings (SSSR count). The van der Waals surface area contributed by atoms with Crippen LogP contribution in [0.25, 0.3) is 94.1 Å². The molecular formula is C44H28N4O. The SMILES string of the molecule is Cc1ccc2oc3ccc(-n4c5ccc(-c6ccc7c(c6)c6ccccc6n7-c6ccccc6)cc5n5c6ccccc6nc45)cc3c2c1. The van der Waals surface area contributed by atoms with E-state index in [1.54, 1.807) is 0 Å². The van der Waals surface area contributed by atoms with Gasteiger partial charge in [-0.25, -0.2) is 4.98 Å². The van der Waals surface area contributed by atoms with Gasteiger partial charge < -0.3 is 8.98 Å². The molecule has 0 spiro atoms. The molecule has 0 saturated carbocycles. The molecule has 5 nitrogen and oxygen atoms in total. The lowest BCUT2D eigenvalue weighted by Crippen LogP contribution is -1.95. The minimum Gasteiger partial charge on any atom is -0.456 e. The molecule has 4 aromatic heterocycles. The third-order valence-electron chi connectivity index (χ3n) is 10.1. The minimum atomic E-state index is 0.886. The summed E-state index contributed by atoms with van der Waals surface area (Å²) in [6.07, 6.45) is 0. The molecule has 4 heterocycles. The fourth-order valence-electron chi connectivity index (χ4n) is 7.86. The predicted octanol–water partition coefficient (Wildman–Crippen LogP) is 11.4. The van der Waals surface area contributed by atoms with Crippen molar-refractivity contribution in [3.63, 3.8) is 0 Å². The average Bonchev–Trinajstić information content (AvgIpc) is 3.88. The highest BCUT2D eigenvalue weighted by Crippen LogP contribution is 2.38. The monoisotopic (exact) mass is 628 g/mol. The zero-order chi connectivity index (χ0) is 32.2. The normalized spacial score (nSPS) is 12.2. The fourth-order valence-corrected chi connectivity index (χ4v) is 7.86. The predicted molar refractivity (Wildman–Crippen MR) is 201 cm³/mol. The van der Waals surface area contributed by atoms with Gasteiger partial charge in [-0.1, -0.05) is 72.3 Å². The first-order chi connectivity index (χ1) is 24.2. The highest BCUT2D eigenvalue weighted by atomic mass is 16.3. The molecular weight excluding hydrogens is 601 g/mol. The molecule has 230 valence electrons. The molecule has 49 heavy (non-hydrogen) atoms. The molecule has 0 aliphatic carbocycles. The minimum absolute atomic E-state index is 0.886. The largest absolute Gasteiger partial charge is 0.456 e. The first-order valence-corrected chi connectivity index (χ1v) is 16.6. The number of fused-ring (bicyclic) bond motifs is 11. The van der Waals surface area contributed by atoms with Crippen LogP contribution in [0.1, 0.15) is 5.56 Å². The number of nitrogens with zero attached hydrogens (tertiary/aromatic N) is 4. The summed E-state index contributed by atoms with van der Waals surface area (Å²) in [6, 6.07) is 54.2. The second-order valence-corrected chi connectivity index (χ2v) is 13.0. The zero-order valence-electron chi connectivity index (χ0n) is 26.6. The molecule has 0 radical (unpaired) electrons. The van der Waals surface area contributed by atoms with Gasteiger partial charge in [0.2, 0.25) is 5.78 Å². The summed E-state index contributed by atoms with van der Waals surface area (Å²) < 4.78 is 13.2. The van der Waals surface area contributed by atoms with Crippen molar-refractivity contribution in [3.05, 3.63) is 157 Å². The van der Waals surface area contributed by atoms with Gasteiger partial charge in [-0.15, -0.1) is 0 Å². The Hall–Kier alpha value is -6.59. The van der Waals surface area contributed by atoms with Crippen molar-refractivity contribution in [1.29, 1.82) is 0 Å². The van der Waals surface area contributed by atoms with E-state index in [0.717, 1.165) is 66.7 Å². The van der Waals surface area contributed by atoms with Crippen molar-refractivity contribution >= 4 is 71.6 Å². The van der Waals surface area contributed by atoms with Crippen LogP contribution in [0.2, 0.25) is 0 Å². The smallest absolute Gasteiger partial charge is 0.220 e. The number of furan rings is 1. The van der Waals surface area contributed by atoms with Gasteiger partial charge in [0.1, 0.15) is 11.2 Å². The number of imidazole rings is 2. The molecule has 0 unspecified atom stereocenters. The number of para-hydroxylation sites is 4. The molecule has 0 saturated heterocycles. The highest BCUT2D eigenvalue weighted by Gasteiger charge is 2.20. The fraction of sp³-hybridized carbons (Fsp3) is 0.0227. The summed E-state index contributed by atoms with van der Waals surface area (Å²) in [4.78, 5) is 5.18. The number of aryl methyl sites for hydroxylation is 1. The first-order valence-electron chi connectivity index (χ1n) is 16.6. The summed E-state index contributed by atoms with van der Waals surface area (Å²) in [5.41, 5.74) is 14.2. The van der Waals surface area contributed by atoms with E-state index >= 15 is 0 Å². The Kier molecular flexibility index (Phi) is 5.25. The van der Waals surface area contributed by atoms with Crippen LogP contribution in [0, 0.1) is 6.92 Å². The van der Waals surface area contributed by atoms with Gasteiger partial charge in [-0.3, -0.25) is 8.97 Å². The van der Waals surface area contributed by atoms with E-state index in [-0.39, 0.29) is 0 Å². The number of benzene rings is 7. The van der Waals surface area contributed by atoms with E-state index in [0.29, 0.717) is 0 Å². The van der Waals surface area contributed by atoms with E-state index in [2.05, 4.69) is 172 Å². The summed E-state index contributed by atoms with van der Waals surface area (Å²) in [5.74, 6) is 0.887. The second-order valence-electron chi connectivity index (χ2n) is 13.0. The van der Waals surface area contributed by atoms with Crippen molar-refractivity contribution in [3.8, 4) is 22.5 Å². The molecule has 0 fully saturated rings. The zero-order valence-corrected chi connectivity index (χ0v) is 26.6. The maximum atomic E-state index is 6.22. The summed E-state index contributed by atoms with van der Waals surface area (Å²) >= 11 is 0. The van der Waals surface area contributed by atoms with E-state index in [1.165, 1.54) is 32.9 Å². The molecule has 0 bridgehead atoms. The Bertz CT molecular complexity index is 3120. The maximum absolute atomic E-state index is 6.22. The Morgan fingerprint density at radius 2 is 1.14 bits per heavy atom. The van der Waals surface area contributed by atoms with Gasteiger partial charge >= 0.3 is 0 Å². The van der Waals surface area contributed by atoms with E-state index < -0.39 is 0 Å². The lowest BCUT2D eigenvalue weighted by molar-refractivity contribution is 0.669. The van der Waals surface area contributed by atoms with Crippen LogP contribution in [-0.2, 0) is 0 Å². The highest BCUT2D eigenvalue weighted by molar-refractivity contribution is 6.11. The van der Waals surface area contributed by atoms with Crippen molar-refractivity contribution in [1.82, 2.24) is 18.5 Å². The number of hydrogen-bond donors (Lipinski definition) is 0. The molecule has 11 aromatic rings. The number of rotatable bonds is 3. The van der Waals surface area contributed by atoms with Gasteiger partial charge in [-0.2, -0.15) is 0 Å². The van der Waals surface area contributed by atoms with E-state index in [9.17, 15) is 0 Å². The average molecular weight is 629 g/mol. The van der Waals surface area contributed by atoms with Gasteiger partial charge in [0.05, 0.1) is 38.8 Å². The van der Waals surface area contributed by atoms with Crippen molar-refractivity contribution in [2.45, 2.75) is 6.92 Å². The van der Waals surface area contributed by atoms with Crippen LogP contribution in [-0.4, -0.2) is 18.5 Å². The second kappa shape index (κ2) is 9.72. The lowest BCUT2D eigenvalue weighted by atomic mass is 10.0. The molecule has 0 aliphatic rings. The summed E-state index contributed by atoms with van der Waals surface area (Å²) in [6.45, 7) is 2.12. The van der Waals surface area contributed by atoms with Crippen molar-refractivity contribution in [2.24, 2.45) is 0 Å². The Balaban J connectivity index is 1.15. The van der Waals surface area contributed by atoms with Crippen LogP contribution in [0.3, 0.4) is 0 Å². The van der Waals surface area contributed by atoms with Crippen molar-refractivity contribution in [2.75, 3.05) is 0 Å². The molecule has 7 aromatic carbocycles. The van der Waals surface area contributed by atoms with Crippen LogP contribution in [0.4, 0.5) is 0 Å². The van der Waals surface area contributed by atoms with Crippen LogP contribution < -0.4 is 0 Å². The van der Waals surface area contributed by atoms with Crippen LogP contribution in [0.5, 0.6) is 0 Å². The Labute approximate surface area is 280 Å². The molecule has 0 atom stereocenters. The maximum Gasteiger partial charge on any atom is 0.220 e. The topological polar surface area (TPSA) is 40.3 Å². The standard InChI is InChI=1S/C44H28N4O/c1-27-15-21-42-34(23-27)35-26-31(18-22-43(35)49-42)47-40-20-17-29(25-41(40)48-39-14-8-6-12-36(39)45-44(47)48)28-16-19-38-33(24-28)32-11-5-7-13-37(32)46(38)30-9-3-2-4-10-30/h2-26H,1H3. The third-order valence-corrected chi connectivity index (χ3v) is 10.1. The summed E-state index contributed by atoms with van der Waals surface area (Å²) in [7, 11) is 0.